The molecule has 52 heavy (non-hydrogen) atoms. The molecule has 2 atom stereocenters. The van der Waals surface area contributed by atoms with Crippen molar-refractivity contribution in [2.75, 3.05) is 11.1 Å². The predicted molar refractivity (Wildman–Crippen MR) is 195 cm³/mol. The van der Waals surface area contributed by atoms with Gasteiger partial charge in [-0.25, -0.2) is 14.8 Å². The number of hydrogen-bond donors (Lipinski definition) is 6. The largest absolute Gasteiger partial charge is 0.481 e. The normalized spacial score (nSPS) is 14.1. The molecule has 14 nitrogen and oxygen atoms in total. The topological polar surface area (TPSA) is 230 Å². The molecular weight excluding hydrogens is 666 g/mol. The van der Waals surface area contributed by atoms with E-state index in [1.165, 1.54) is 51.0 Å². The molecule has 0 saturated heterocycles. The van der Waals surface area contributed by atoms with E-state index in [9.17, 15) is 24.0 Å². The molecule has 2 aromatic heterocycles. The summed E-state index contributed by atoms with van der Waals surface area (Å²) < 4.78 is 0. The van der Waals surface area contributed by atoms with E-state index in [2.05, 4.69) is 79.1 Å². The molecule has 0 radical (unpaired) electrons. The van der Waals surface area contributed by atoms with Gasteiger partial charge in [-0.05, 0) is 82.6 Å². The number of nitrogens with zero attached hydrogens (tertiary/aromatic N) is 3. The minimum atomic E-state index is -1.31. The van der Waals surface area contributed by atoms with Gasteiger partial charge in [0.1, 0.15) is 12.3 Å². The van der Waals surface area contributed by atoms with Gasteiger partial charge in [0.05, 0.1) is 18.4 Å². The summed E-state index contributed by atoms with van der Waals surface area (Å²) in [7, 11) is 0. The third-order valence-corrected chi connectivity index (χ3v) is 8.94. The molecule has 264 valence electrons. The number of anilines is 2. The quantitative estimate of drug-likeness (QED) is 0.0852. The van der Waals surface area contributed by atoms with Crippen LogP contribution in [0.2, 0.25) is 0 Å². The number of aliphatic carboxylic acids is 2. The van der Waals surface area contributed by atoms with Gasteiger partial charge < -0.3 is 31.4 Å². The van der Waals surface area contributed by atoms with Gasteiger partial charge in [0.2, 0.25) is 5.95 Å². The maximum Gasteiger partial charge on any atom is 0.326 e. The van der Waals surface area contributed by atoms with Crippen LogP contribution in [0.4, 0.5) is 11.6 Å². The number of nitrogen functional groups attached to an aromatic ring is 1. The molecule has 4 aromatic carbocycles. The SMILES string of the molecule is Nc1nc2ncc(CNc3ccc(C(=O)NC(CCC(=O)O)C(=O)O)cc3)nc2c(=O)[nH]1.O=CC1CCCc2c1ccc1c2ccc2ccccc21. The molecule has 2 heterocycles. The molecule has 2 unspecified atom stereocenters. The Morgan fingerprint density at radius 2 is 1.73 bits per heavy atom. The lowest BCUT2D eigenvalue weighted by Crippen LogP contribution is -2.41. The molecule has 0 aliphatic heterocycles. The molecule has 7 N–H and O–H groups in total. The monoisotopic (exact) mass is 701 g/mol. The second kappa shape index (κ2) is 15.5. The number of aryl methyl sites for hydroxylation is 1. The van der Waals surface area contributed by atoms with Crippen LogP contribution in [0.15, 0.2) is 83.8 Å². The highest BCUT2D eigenvalue weighted by Gasteiger charge is 2.23. The summed E-state index contributed by atoms with van der Waals surface area (Å²) in [6, 6.07) is 22.2. The Bertz CT molecular complexity index is 2380. The van der Waals surface area contributed by atoms with E-state index < -0.39 is 29.4 Å². The first-order valence-corrected chi connectivity index (χ1v) is 16.6. The zero-order valence-corrected chi connectivity index (χ0v) is 27.8. The Hall–Kier alpha value is -6.70. The van der Waals surface area contributed by atoms with Crippen molar-refractivity contribution in [3.8, 4) is 0 Å². The molecule has 0 spiro atoms. The number of nitrogens with two attached hydrogens (primary N) is 1. The third kappa shape index (κ3) is 7.86. The zero-order chi connectivity index (χ0) is 36.8. The lowest BCUT2D eigenvalue weighted by Gasteiger charge is -2.23. The van der Waals surface area contributed by atoms with Crippen molar-refractivity contribution < 1.29 is 29.4 Å². The van der Waals surface area contributed by atoms with Crippen molar-refractivity contribution in [1.29, 1.82) is 0 Å². The van der Waals surface area contributed by atoms with Crippen molar-refractivity contribution in [1.82, 2.24) is 25.3 Å². The summed E-state index contributed by atoms with van der Waals surface area (Å²) in [5.41, 5.74) is 9.10. The fraction of sp³-hybridized carbons (Fsp3) is 0.211. The van der Waals surface area contributed by atoms with Crippen molar-refractivity contribution in [2.24, 2.45) is 0 Å². The molecule has 1 amide bonds. The molecule has 14 heteroatoms. The van der Waals surface area contributed by atoms with Gasteiger partial charge in [0.15, 0.2) is 11.2 Å². The Balaban J connectivity index is 0.000000197. The number of amides is 1. The van der Waals surface area contributed by atoms with Crippen LogP contribution in [-0.2, 0) is 27.3 Å². The van der Waals surface area contributed by atoms with Gasteiger partial charge in [0, 0.05) is 23.6 Å². The highest BCUT2D eigenvalue weighted by atomic mass is 16.4. The van der Waals surface area contributed by atoms with Gasteiger partial charge in [-0.2, -0.15) is 4.98 Å². The number of rotatable bonds is 10. The number of carboxylic acids is 2. The van der Waals surface area contributed by atoms with Gasteiger partial charge in [-0.15, -0.1) is 0 Å². The molecular formula is C38H35N7O7. The van der Waals surface area contributed by atoms with Crippen LogP contribution in [0.3, 0.4) is 0 Å². The number of nitrogens with one attached hydrogen (secondary N) is 3. The van der Waals surface area contributed by atoms with E-state index in [-0.39, 0.29) is 48.0 Å². The Labute approximate surface area is 296 Å². The molecule has 0 fully saturated rings. The van der Waals surface area contributed by atoms with Crippen LogP contribution in [0.1, 0.15) is 58.8 Å². The Kier molecular flexibility index (Phi) is 10.4. The number of aromatic nitrogens is 4. The first kappa shape index (κ1) is 35.1. The first-order valence-electron chi connectivity index (χ1n) is 16.6. The summed E-state index contributed by atoms with van der Waals surface area (Å²) in [5, 5.41) is 28.4. The fourth-order valence-corrected chi connectivity index (χ4v) is 6.34. The van der Waals surface area contributed by atoms with Gasteiger partial charge >= 0.3 is 11.9 Å². The van der Waals surface area contributed by atoms with E-state index in [1.807, 2.05) is 0 Å². The smallest absolute Gasteiger partial charge is 0.326 e. The van der Waals surface area contributed by atoms with Crippen LogP contribution >= 0.6 is 0 Å². The average molecular weight is 702 g/mol. The second-order valence-electron chi connectivity index (χ2n) is 12.4. The summed E-state index contributed by atoms with van der Waals surface area (Å²) in [4.78, 5) is 71.8. The van der Waals surface area contributed by atoms with Gasteiger partial charge in [-0.3, -0.25) is 19.4 Å². The predicted octanol–water partition coefficient (Wildman–Crippen LogP) is 4.57. The van der Waals surface area contributed by atoms with E-state index in [4.69, 9.17) is 15.9 Å². The summed E-state index contributed by atoms with van der Waals surface area (Å²) in [6.07, 6.45) is 5.16. The number of aldehydes is 1. The van der Waals surface area contributed by atoms with Crippen LogP contribution in [0, 0.1) is 0 Å². The van der Waals surface area contributed by atoms with Crippen molar-refractivity contribution in [3.63, 3.8) is 0 Å². The fourth-order valence-electron chi connectivity index (χ4n) is 6.34. The molecule has 1 aliphatic carbocycles. The van der Waals surface area contributed by atoms with Crippen LogP contribution in [0.25, 0.3) is 32.7 Å². The maximum atomic E-state index is 12.3. The number of carbonyl (C=O) groups excluding carboxylic acids is 2. The highest BCUT2D eigenvalue weighted by molar-refractivity contribution is 6.09. The molecule has 6 aromatic rings. The van der Waals surface area contributed by atoms with Crippen molar-refractivity contribution in [3.05, 3.63) is 112 Å². The zero-order valence-electron chi connectivity index (χ0n) is 27.8. The lowest BCUT2D eigenvalue weighted by molar-refractivity contribution is -0.140. The average Bonchev–Trinajstić information content (AvgIpc) is 3.15. The van der Waals surface area contributed by atoms with Crippen molar-refractivity contribution in [2.45, 2.75) is 50.6 Å². The summed E-state index contributed by atoms with van der Waals surface area (Å²) in [5.74, 6) is -3.06. The van der Waals surface area contributed by atoms with Gasteiger partial charge in [0.25, 0.3) is 11.5 Å². The number of benzene rings is 4. The third-order valence-electron chi connectivity index (χ3n) is 8.94. The first-order chi connectivity index (χ1) is 25.1. The minimum absolute atomic E-state index is 0.0524. The number of carboxylic acid groups (broad SMARTS) is 2. The maximum absolute atomic E-state index is 12.3. The summed E-state index contributed by atoms with van der Waals surface area (Å²) in [6.45, 7) is 0.231. The van der Waals surface area contributed by atoms with Crippen molar-refractivity contribution >= 4 is 68.5 Å². The summed E-state index contributed by atoms with van der Waals surface area (Å²) >= 11 is 0. The van der Waals surface area contributed by atoms with E-state index >= 15 is 0 Å². The molecule has 0 bridgehead atoms. The minimum Gasteiger partial charge on any atom is -0.481 e. The highest BCUT2D eigenvalue weighted by Crippen LogP contribution is 2.37. The van der Waals surface area contributed by atoms with Crippen LogP contribution in [0.5, 0.6) is 0 Å². The van der Waals surface area contributed by atoms with Crippen LogP contribution in [-0.4, -0.2) is 60.3 Å². The van der Waals surface area contributed by atoms with E-state index in [0.717, 1.165) is 25.5 Å². The number of hydrogen-bond acceptors (Lipinski definition) is 10. The molecule has 0 saturated carbocycles. The van der Waals surface area contributed by atoms with E-state index in [0.29, 0.717) is 11.4 Å². The number of fused-ring (bicyclic) bond motifs is 6. The van der Waals surface area contributed by atoms with Gasteiger partial charge in [-0.1, -0.05) is 48.5 Å². The number of carbonyl (C=O) groups is 4. The Morgan fingerprint density at radius 3 is 2.48 bits per heavy atom. The molecule has 7 rings (SSSR count). The number of aromatic amines is 1. The van der Waals surface area contributed by atoms with Crippen LogP contribution < -0.4 is 21.9 Å². The standard InChI is InChI=1S/C19H19N7O6.C19H16O/c20-19-25-15-14(17(30)26-19)23-11(8-22-15)7-21-10-3-1-9(2-4-10)16(29)24-12(18(31)32)5-6-13(27)28;20-12-14-5-3-7-17-16(14)10-11-18-15-6-2-1-4-13(15)8-9-19(17)18/h1-4,8,12,21H,5-7H2,(H,24,29)(H,27,28)(H,31,32)(H3,20,22,25,26,30);1-2,4,6,8-12,14H,3,5,7H2. The Morgan fingerprint density at radius 1 is 0.962 bits per heavy atom. The lowest BCUT2D eigenvalue weighted by atomic mass is 9.80. The second-order valence-corrected chi connectivity index (χ2v) is 12.4. The van der Waals surface area contributed by atoms with E-state index in [1.54, 1.807) is 12.1 Å². The number of H-pyrrole nitrogens is 1. The molecule has 1 aliphatic rings.